The first-order valence-corrected chi connectivity index (χ1v) is 7.61. The molecule has 6 nitrogen and oxygen atoms in total. The zero-order valence-corrected chi connectivity index (χ0v) is 13.2. The summed E-state index contributed by atoms with van der Waals surface area (Å²) in [5.41, 5.74) is 0. The quantitative estimate of drug-likeness (QED) is 0.759. The number of hydrogen-bond donors (Lipinski definition) is 2. The molecule has 2 amide bonds. The molecule has 0 radical (unpaired) electrons. The normalized spacial score (nSPS) is 14.5. The summed E-state index contributed by atoms with van der Waals surface area (Å²) in [6.07, 6.45) is 4.55. The monoisotopic (exact) mass is 308 g/mol. The Hall–Kier alpha value is -2.11. The van der Waals surface area contributed by atoms with E-state index in [0.29, 0.717) is 36.4 Å². The summed E-state index contributed by atoms with van der Waals surface area (Å²) < 4.78 is 16.0. The largest absolute Gasteiger partial charge is 0.496 e. The number of amides is 2. The maximum atomic E-state index is 11.7. The summed E-state index contributed by atoms with van der Waals surface area (Å²) in [5, 5.41) is 5.77. The third-order valence-electron chi connectivity index (χ3n) is 3.67. The summed E-state index contributed by atoms with van der Waals surface area (Å²) in [6.45, 7) is 0.826. The Kier molecular flexibility index (Phi) is 6.18. The van der Waals surface area contributed by atoms with Crippen molar-refractivity contribution in [1.82, 2.24) is 10.6 Å². The van der Waals surface area contributed by atoms with Crippen LogP contribution in [0.5, 0.6) is 17.2 Å². The fourth-order valence-electron chi connectivity index (χ4n) is 2.50. The van der Waals surface area contributed by atoms with Gasteiger partial charge < -0.3 is 24.8 Å². The van der Waals surface area contributed by atoms with Gasteiger partial charge in [0.15, 0.2) is 0 Å². The van der Waals surface area contributed by atoms with Gasteiger partial charge >= 0.3 is 6.03 Å². The van der Waals surface area contributed by atoms with Crippen molar-refractivity contribution < 1.29 is 19.0 Å². The molecule has 1 aliphatic carbocycles. The Morgan fingerprint density at radius 3 is 2.27 bits per heavy atom. The van der Waals surface area contributed by atoms with Crippen molar-refractivity contribution in [3.8, 4) is 17.2 Å². The SMILES string of the molecule is COc1cc(OC)cc(OCCNC(=O)NC2CCCC2)c1. The van der Waals surface area contributed by atoms with Crippen molar-refractivity contribution >= 4 is 6.03 Å². The first-order valence-electron chi connectivity index (χ1n) is 7.61. The van der Waals surface area contributed by atoms with Crippen LogP contribution in [0.3, 0.4) is 0 Å². The van der Waals surface area contributed by atoms with Crippen molar-refractivity contribution in [2.45, 2.75) is 31.7 Å². The highest BCUT2D eigenvalue weighted by molar-refractivity contribution is 5.74. The number of methoxy groups -OCH3 is 2. The number of urea groups is 1. The van der Waals surface area contributed by atoms with Crippen LogP contribution in [0, 0.1) is 0 Å². The summed E-state index contributed by atoms with van der Waals surface area (Å²) in [7, 11) is 3.18. The van der Waals surface area contributed by atoms with Gasteiger partial charge in [-0.3, -0.25) is 0 Å². The van der Waals surface area contributed by atoms with Crippen LogP contribution in [0.1, 0.15) is 25.7 Å². The van der Waals surface area contributed by atoms with Gasteiger partial charge in [0.25, 0.3) is 0 Å². The molecule has 0 heterocycles. The number of carbonyl (C=O) groups is 1. The Morgan fingerprint density at radius 1 is 1.09 bits per heavy atom. The molecule has 122 valence electrons. The minimum Gasteiger partial charge on any atom is -0.496 e. The van der Waals surface area contributed by atoms with Crippen molar-refractivity contribution in [1.29, 1.82) is 0 Å². The van der Waals surface area contributed by atoms with Gasteiger partial charge in [-0.15, -0.1) is 0 Å². The minimum atomic E-state index is -0.126. The van der Waals surface area contributed by atoms with Gasteiger partial charge in [0.1, 0.15) is 23.9 Å². The highest BCUT2D eigenvalue weighted by Crippen LogP contribution is 2.27. The highest BCUT2D eigenvalue weighted by atomic mass is 16.5. The molecule has 2 rings (SSSR count). The summed E-state index contributed by atoms with van der Waals surface area (Å²) >= 11 is 0. The second-order valence-corrected chi connectivity index (χ2v) is 5.28. The van der Waals surface area contributed by atoms with Gasteiger partial charge in [-0.05, 0) is 12.8 Å². The van der Waals surface area contributed by atoms with Gasteiger partial charge in [0, 0.05) is 24.2 Å². The average molecular weight is 308 g/mol. The van der Waals surface area contributed by atoms with Crippen LogP contribution in [0.4, 0.5) is 4.79 Å². The van der Waals surface area contributed by atoms with E-state index in [1.807, 2.05) is 0 Å². The summed E-state index contributed by atoms with van der Waals surface area (Å²) in [5.74, 6) is 1.98. The van der Waals surface area contributed by atoms with Gasteiger partial charge in [-0.25, -0.2) is 4.79 Å². The lowest BCUT2D eigenvalue weighted by Gasteiger charge is -2.14. The van der Waals surface area contributed by atoms with E-state index in [1.54, 1.807) is 32.4 Å². The van der Waals surface area contributed by atoms with E-state index in [2.05, 4.69) is 10.6 Å². The zero-order valence-electron chi connectivity index (χ0n) is 13.2. The van der Waals surface area contributed by atoms with Crippen molar-refractivity contribution in [3.63, 3.8) is 0 Å². The smallest absolute Gasteiger partial charge is 0.315 e. The number of hydrogen-bond acceptors (Lipinski definition) is 4. The second kappa shape index (κ2) is 8.36. The molecular formula is C16H24N2O4. The molecule has 1 saturated carbocycles. The number of nitrogens with one attached hydrogen (secondary N) is 2. The maximum absolute atomic E-state index is 11.7. The van der Waals surface area contributed by atoms with Gasteiger partial charge in [-0.1, -0.05) is 12.8 Å². The van der Waals surface area contributed by atoms with Crippen molar-refractivity contribution in [3.05, 3.63) is 18.2 Å². The fraction of sp³-hybridized carbons (Fsp3) is 0.562. The first kappa shape index (κ1) is 16.3. The number of carbonyl (C=O) groups excluding carboxylic acids is 1. The molecule has 1 aromatic carbocycles. The number of ether oxygens (including phenoxy) is 3. The molecule has 0 spiro atoms. The fourth-order valence-corrected chi connectivity index (χ4v) is 2.50. The topological polar surface area (TPSA) is 68.8 Å². The zero-order chi connectivity index (χ0) is 15.8. The van der Waals surface area contributed by atoms with Crippen LogP contribution in [-0.2, 0) is 0 Å². The molecular weight excluding hydrogens is 284 g/mol. The van der Waals surface area contributed by atoms with E-state index in [1.165, 1.54) is 12.8 Å². The van der Waals surface area contributed by atoms with Gasteiger partial charge in [0.2, 0.25) is 0 Å². The van der Waals surface area contributed by atoms with Crippen LogP contribution >= 0.6 is 0 Å². The average Bonchev–Trinajstić information content (AvgIpc) is 3.04. The van der Waals surface area contributed by atoms with E-state index in [0.717, 1.165) is 12.8 Å². The predicted octanol–water partition coefficient (Wildman–Crippen LogP) is 2.32. The molecule has 22 heavy (non-hydrogen) atoms. The first-order chi connectivity index (χ1) is 10.7. The van der Waals surface area contributed by atoms with E-state index in [-0.39, 0.29) is 6.03 Å². The molecule has 1 aromatic rings. The molecule has 0 aliphatic heterocycles. The van der Waals surface area contributed by atoms with E-state index in [9.17, 15) is 4.79 Å². The van der Waals surface area contributed by atoms with E-state index >= 15 is 0 Å². The maximum Gasteiger partial charge on any atom is 0.315 e. The van der Waals surface area contributed by atoms with Crippen LogP contribution in [0.15, 0.2) is 18.2 Å². The van der Waals surface area contributed by atoms with E-state index in [4.69, 9.17) is 14.2 Å². The molecule has 0 unspecified atom stereocenters. The summed E-state index contributed by atoms with van der Waals surface area (Å²) in [6, 6.07) is 5.53. The van der Waals surface area contributed by atoms with Gasteiger partial charge in [0.05, 0.1) is 20.8 Å². The summed E-state index contributed by atoms with van der Waals surface area (Å²) in [4.78, 5) is 11.7. The van der Waals surface area contributed by atoms with Crippen LogP contribution < -0.4 is 24.8 Å². The Morgan fingerprint density at radius 2 is 1.68 bits per heavy atom. The number of rotatable bonds is 7. The molecule has 1 fully saturated rings. The molecule has 0 atom stereocenters. The Bertz CT molecular complexity index is 465. The lowest BCUT2D eigenvalue weighted by atomic mass is 10.2. The molecule has 0 saturated heterocycles. The highest BCUT2D eigenvalue weighted by Gasteiger charge is 2.16. The van der Waals surface area contributed by atoms with Crippen molar-refractivity contribution in [2.75, 3.05) is 27.4 Å². The lowest BCUT2D eigenvalue weighted by molar-refractivity contribution is 0.232. The van der Waals surface area contributed by atoms with Crippen LogP contribution in [-0.4, -0.2) is 39.4 Å². The molecule has 0 aromatic heterocycles. The van der Waals surface area contributed by atoms with Crippen LogP contribution in [0.25, 0.3) is 0 Å². The number of benzene rings is 1. The molecule has 0 bridgehead atoms. The van der Waals surface area contributed by atoms with E-state index < -0.39 is 0 Å². The Balaban J connectivity index is 1.70. The van der Waals surface area contributed by atoms with Crippen LogP contribution in [0.2, 0.25) is 0 Å². The molecule has 1 aliphatic rings. The molecule has 2 N–H and O–H groups in total. The third-order valence-corrected chi connectivity index (χ3v) is 3.67. The Labute approximate surface area is 131 Å². The lowest BCUT2D eigenvalue weighted by Crippen LogP contribution is -2.42. The standard InChI is InChI=1S/C16H24N2O4/c1-20-13-9-14(21-2)11-15(10-13)22-8-7-17-16(19)18-12-5-3-4-6-12/h9-12H,3-8H2,1-2H3,(H2,17,18,19). The second-order valence-electron chi connectivity index (χ2n) is 5.28. The van der Waals surface area contributed by atoms with Gasteiger partial charge in [-0.2, -0.15) is 0 Å². The van der Waals surface area contributed by atoms with Crippen molar-refractivity contribution in [2.24, 2.45) is 0 Å². The predicted molar refractivity (Wildman–Crippen MR) is 83.8 cm³/mol. The minimum absolute atomic E-state index is 0.126. The third kappa shape index (κ3) is 5.02. The molecule has 6 heteroatoms.